The van der Waals surface area contributed by atoms with E-state index in [-0.39, 0.29) is 0 Å². The average molecular weight is 138 g/mol. The van der Waals surface area contributed by atoms with Crippen LogP contribution < -0.4 is 5.73 Å². The fraction of sp³-hybridized carbons (Fsp3) is 0.333. The topological polar surface area (TPSA) is 54.0 Å². The van der Waals surface area contributed by atoms with Crippen molar-refractivity contribution in [1.29, 1.82) is 0 Å². The molecule has 0 radical (unpaired) electrons. The van der Waals surface area contributed by atoms with E-state index in [1.54, 1.807) is 23.6 Å². The van der Waals surface area contributed by atoms with Crippen LogP contribution in [0.25, 0.3) is 0 Å². The number of hydrogen-bond acceptors (Lipinski definition) is 4. The summed E-state index contributed by atoms with van der Waals surface area (Å²) in [5, 5.41) is 5.72. The molecule has 0 amide bonds. The molecule has 0 unspecified atom stereocenters. The van der Waals surface area contributed by atoms with Crippen molar-refractivity contribution in [2.75, 3.05) is 6.54 Å². The van der Waals surface area contributed by atoms with Gasteiger partial charge in [-0.15, -0.1) is 0 Å². The smallest absolute Gasteiger partial charge is 0.121 e. The zero-order valence-corrected chi connectivity index (χ0v) is 5.86. The van der Waals surface area contributed by atoms with Crippen LogP contribution in [0.15, 0.2) is 22.5 Å². The van der Waals surface area contributed by atoms with Gasteiger partial charge in [0.2, 0.25) is 0 Å². The lowest BCUT2D eigenvalue weighted by Gasteiger charge is -2.15. The summed E-state index contributed by atoms with van der Waals surface area (Å²) < 4.78 is 0. The van der Waals surface area contributed by atoms with Crippen molar-refractivity contribution in [3.8, 4) is 0 Å². The first-order valence-corrected chi connectivity index (χ1v) is 3.07. The van der Waals surface area contributed by atoms with Crippen molar-refractivity contribution in [3.63, 3.8) is 0 Å². The van der Waals surface area contributed by atoms with Crippen molar-refractivity contribution in [2.45, 2.75) is 6.92 Å². The Kier molecular flexibility index (Phi) is 2.04. The first kappa shape index (κ1) is 6.80. The lowest BCUT2D eigenvalue weighted by atomic mass is 10.5. The van der Waals surface area contributed by atoms with Crippen LogP contribution in [0.4, 0.5) is 0 Å². The van der Waals surface area contributed by atoms with Crippen molar-refractivity contribution in [2.24, 2.45) is 15.8 Å². The minimum atomic E-state index is 0.584. The third-order valence-corrected chi connectivity index (χ3v) is 1.07. The van der Waals surface area contributed by atoms with Gasteiger partial charge in [0.05, 0.1) is 6.54 Å². The second kappa shape index (κ2) is 3.00. The molecule has 54 valence electrons. The van der Waals surface area contributed by atoms with Crippen LogP contribution in [0.2, 0.25) is 0 Å². The summed E-state index contributed by atoms with van der Waals surface area (Å²) in [6.07, 6.45) is 5.12. The van der Waals surface area contributed by atoms with Crippen LogP contribution in [0.5, 0.6) is 0 Å². The molecule has 0 bridgehead atoms. The third kappa shape index (κ3) is 1.58. The lowest BCUT2D eigenvalue weighted by Crippen LogP contribution is -2.28. The number of amidine groups is 1. The maximum absolute atomic E-state index is 5.44. The van der Waals surface area contributed by atoms with E-state index in [0.29, 0.717) is 12.4 Å². The maximum Gasteiger partial charge on any atom is 0.121 e. The van der Waals surface area contributed by atoms with Crippen molar-refractivity contribution < 1.29 is 0 Å². The Morgan fingerprint density at radius 1 is 1.90 bits per heavy atom. The standard InChI is InChI=1S/C6H10N4/c1-2-9-10-4-3-8-6(7)5-10/h2-4H,5H2,1H3,(H2,7,8)/b9-2-. The molecule has 4 nitrogen and oxygen atoms in total. The van der Waals surface area contributed by atoms with Crippen LogP contribution in [0.1, 0.15) is 6.92 Å². The Morgan fingerprint density at radius 2 is 2.70 bits per heavy atom. The molecule has 2 N–H and O–H groups in total. The molecule has 1 heterocycles. The highest BCUT2D eigenvalue weighted by molar-refractivity contribution is 5.83. The summed E-state index contributed by atoms with van der Waals surface area (Å²) in [5.41, 5.74) is 5.44. The highest BCUT2D eigenvalue weighted by Crippen LogP contribution is 1.96. The molecule has 4 heteroatoms. The summed E-state index contributed by atoms with van der Waals surface area (Å²) >= 11 is 0. The van der Waals surface area contributed by atoms with E-state index in [2.05, 4.69) is 10.1 Å². The Balaban J connectivity index is 2.55. The van der Waals surface area contributed by atoms with Gasteiger partial charge in [0, 0.05) is 18.6 Å². The Morgan fingerprint density at radius 3 is 3.30 bits per heavy atom. The molecule has 0 aromatic heterocycles. The molecule has 0 fully saturated rings. The van der Waals surface area contributed by atoms with Gasteiger partial charge in [0.25, 0.3) is 0 Å². The summed E-state index contributed by atoms with van der Waals surface area (Å²) in [5.74, 6) is 0.591. The number of hydrazone groups is 1. The number of rotatable bonds is 1. The molecule has 0 atom stereocenters. The third-order valence-electron chi connectivity index (χ3n) is 1.07. The minimum Gasteiger partial charge on any atom is -0.386 e. The zero-order chi connectivity index (χ0) is 7.40. The highest BCUT2D eigenvalue weighted by Gasteiger charge is 2.01. The van der Waals surface area contributed by atoms with Gasteiger partial charge in [-0.3, -0.25) is 5.01 Å². The van der Waals surface area contributed by atoms with E-state index in [1.165, 1.54) is 0 Å². The van der Waals surface area contributed by atoms with E-state index >= 15 is 0 Å². The molecule has 1 rings (SSSR count). The number of nitrogens with two attached hydrogens (primary N) is 1. The molecule has 1 aliphatic rings. The van der Waals surface area contributed by atoms with E-state index in [4.69, 9.17) is 5.73 Å². The van der Waals surface area contributed by atoms with Gasteiger partial charge in [-0.1, -0.05) is 0 Å². The van der Waals surface area contributed by atoms with Gasteiger partial charge in [-0.25, -0.2) is 4.99 Å². The van der Waals surface area contributed by atoms with Crippen LogP contribution in [0.3, 0.4) is 0 Å². The Bertz CT molecular complexity index is 192. The summed E-state index contributed by atoms with van der Waals surface area (Å²) in [6.45, 7) is 2.44. The van der Waals surface area contributed by atoms with Crippen molar-refractivity contribution >= 4 is 12.1 Å². The Labute approximate surface area is 59.7 Å². The summed E-state index contributed by atoms with van der Waals surface area (Å²) in [4.78, 5) is 3.86. The van der Waals surface area contributed by atoms with Gasteiger partial charge in [0.1, 0.15) is 5.84 Å². The van der Waals surface area contributed by atoms with Crippen molar-refractivity contribution in [1.82, 2.24) is 5.01 Å². The molecular formula is C6H10N4. The monoisotopic (exact) mass is 138 g/mol. The largest absolute Gasteiger partial charge is 0.386 e. The molecule has 0 spiro atoms. The number of nitrogens with zero attached hydrogens (tertiary/aromatic N) is 3. The molecular weight excluding hydrogens is 128 g/mol. The predicted octanol–water partition coefficient (Wildman–Crippen LogP) is 0.136. The van der Waals surface area contributed by atoms with Crippen LogP contribution in [0, 0.1) is 0 Å². The average Bonchev–Trinajstić information content (AvgIpc) is 1.88. The van der Waals surface area contributed by atoms with E-state index in [0.717, 1.165) is 0 Å². The Hall–Kier alpha value is -1.32. The first-order valence-electron chi connectivity index (χ1n) is 3.07. The van der Waals surface area contributed by atoms with Crippen LogP contribution in [-0.4, -0.2) is 23.6 Å². The maximum atomic E-state index is 5.44. The molecule has 0 saturated heterocycles. The fourth-order valence-corrected chi connectivity index (χ4v) is 0.693. The SMILES string of the molecule is C/C=N\N1C=CN=C(N)C1. The molecule has 0 aromatic carbocycles. The minimum absolute atomic E-state index is 0.584. The predicted molar refractivity (Wildman–Crippen MR) is 41.6 cm³/mol. The van der Waals surface area contributed by atoms with Gasteiger partial charge in [-0.2, -0.15) is 5.10 Å². The zero-order valence-electron chi connectivity index (χ0n) is 5.86. The normalized spacial score (nSPS) is 18.1. The molecule has 0 saturated carbocycles. The first-order chi connectivity index (χ1) is 4.83. The van der Waals surface area contributed by atoms with E-state index in [1.807, 2.05) is 6.92 Å². The second-order valence-electron chi connectivity index (χ2n) is 1.89. The molecule has 0 aliphatic carbocycles. The van der Waals surface area contributed by atoms with Crippen LogP contribution in [-0.2, 0) is 0 Å². The quantitative estimate of drug-likeness (QED) is 0.524. The van der Waals surface area contributed by atoms with Gasteiger partial charge >= 0.3 is 0 Å². The molecule has 0 aromatic rings. The molecule has 10 heavy (non-hydrogen) atoms. The summed E-state index contributed by atoms with van der Waals surface area (Å²) in [6, 6.07) is 0. The summed E-state index contributed by atoms with van der Waals surface area (Å²) in [7, 11) is 0. The van der Waals surface area contributed by atoms with Crippen LogP contribution >= 0.6 is 0 Å². The highest BCUT2D eigenvalue weighted by atomic mass is 15.4. The van der Waals surface area contributed by atoms with Gasteiger partial charge < -0.3 is 5.73 Å². The molecule has 1 aliphatic heterocycles. The van der Waals surface area contributed by atoms with Gasteiger partial charge in [-0.05, 0) is 6.92 Å². The van der Waals surface area contributed by atoms with Crippen molar-refractivity contribution in [3.05, 3.63) is 12.4 Å². The number of hydrogen-bond donors (Lipinski definition) is 1. The lowest BCUT2D eigenvalue weighted by molar-refractivity contribution is 0.451. The number of aliphatic imine (C=N–C) groups is 1. The van der Waals surface area contributed by atoms with E-state index < -0.39 is 0 Å². The second-order valence-corrected chi connectivity index (χ2v) is 1.89. The van der Waals surface area contributed by atoms with Gasteiger partial charge in [0.15, 0.2) is 0 Å². The fourth-order valence-electron chi connectivity index (χ4n) is 0.693. The van der Waals surface area contributed by atoms with E-state index in [9.17, 15) is 0 Å².